The van der Waals surface area contributed by atoms with Gasteiger partial charge in [-0.2, -0.15) is 9.97 Å². The molecule has 0 aliphatic heterocycles. The molecule has 0 fully saturated rings. The van der Waals surface area contributed by atoms with Crippen LogP contribution in [0.2, 0.25) is 0 Å². The van der Waals surface area contributed by atoms with Gasteiger partial charge in [-0.1, -0.05) is 169 Å². The van der Waals surface area contributed by atoms with E-state index >= 15 is 0 Å². The summed E-state index contributed by atoms with van der Waals surface area (Å²) >= 11 is 0. The second kappa shape index (κ2) is 17.8. The number of anilines is 6. The van der Waals surface area contributed by atoms with E-state index in [-0.39, 0.29) is 0 Å². The predicted molar refractivity (Wildman–Crippen MR) is 277 cm³/mol. The maximum atomic E-state index is 5.44. The molecule has 1 aromatic heterocycles. The van der Waals surface area contributed by atoms with Crippen molar-refractivity contribution < 1.29 is 0 Å². The number of aryl methyl sites for hydroxylation is 6. The first-order valence-electron chi connectivity index (χ1n) is 22.6. The lowest BCUT2D eigenvalue weighted by molar-refractivity contribution is 1.02. The Morgan fingerprint density at radius 3 is 1.29 bits per heavy atom. The Hall–Kier alpha value is -8.15. The molecule has 9 aromatic carbocycles. The molecule has 10 aromatic rings. The highest BCUT2D eigenvalue weighted by Gasteiger charge is 2.26. The predicted octanol–water partition coefficient (Wildman–Crippen LogP) is 16.5. The van der Waals surface area contributed by atoms with Crippen LogP contribution in [-0.4, -0.2) is 15.0 Å². The number of benzene rings is 9. The fourth-order valence-corrected chi connectivity index (χ4v) is 9.57. The Kier molecular flexibility index (Phi) is 11.3. The second-order valence-corrected chi connectivity index (χ2v) is 17.4. The van der Waals surface area contributed by atoms with Crippen molar-refractivity contribution in [1.29, 1.82) is 0 Å². The van der Waals surface area contributed by atoms with E-state index in [9.17, 15) is 0 Å². The molecule has 0 amide bonds. The van der Waals surface area contributed by atoms with E-state index in [0.717, 1.165) is 61.2 Å². The fraction of sp³-hybridized carbons (Fsp3) is 0.0984. The number of fused-ring (bicyclic) bond motifs is 1. The van der Waals surface area contributed by atoms with Crippen molar-refractivity contribution in [2.75, 3.05) is 9.80 Å². The molecule has 5 heteroatoms. The molecule has 0 atom stereocenters. The molecular weight excluding hydrogens is 803 g/mol. The third kappa shape index (κ3) is 8.23. The molecule has 0 aliphatic rings. The Bertz CT molecular complexity index is 3260. The normalized spacial score (nSPS) is 11.2. The first-order chi connectivity index (χ1) is 32.2. The summed E-state index contributed by atoms with van der Waals surface area (Å²) in [5, 5.41) is 2.27. The van der Waals surface area contributed by atoms with Crippen LogP contribution in [0.5, 0.6) is 0 Å². The molecular formula is C61H51N5. The van der Waals surface area contributed by atoms with Gasteiger partial charge in [0.05, 0.1) is 17.1 Å². The van der Waals surface area contributed by atoms with Gasteiger partial charge in [0.2, 0.25) is 5.95 Å². The van der Waals surface area contributed by atoms with E-state index in [1.165, 1.54) is 44.8 Å². The monoisotopic (exact) mass is 853 g/mol. The molecule has 0 aliphatic carbocycles. The van der Waals surface area contributed by atoms with Gasteiger partial charge in [-0.25, -0.2) is 4.98 Å². The Balaban J connectivity index is 1.23. The van der Waals surface area contributed by atoms with Crippen molar-refractivity contribution in [2.24, 2.45) is 0 Å². The summed E-state index contributed by atoms with van der Waals surface area (Å²) < 4.78 is 0. The van der Waals surface area contributed by atoms with E-state index in [1.807, 2.05) is 24.3 Å². The molecule has 0 saturated carbocycles. The third-order valence-corrected chi connectivity index (χ3v) is 12.4. The van der Waals surface area contributed by atoms with Gasteiger partial charge >= 0.3 is 0 Å². The molecule has 1 heterocycles. The average Bonchev–Trinajstić information content (AvgIpc) is 3.34. The highest BCUT2D eigenvalue weighted by atomic mass is 15.3. The highest BCUT2D eigenvalue weighted by molar-refractivity contribution is 5.98. The smallest absolute Gasteiger partial charge is 0.238 e. The van der Waals surface area contributed by atoms with Gasteiger partial charge in [-0.15, -0.1) is 0 Å². The van der Waals surface area contributed by atoms with E-state index < -0.39 is 0 Å². The number of rotatable bonds is 10. The number of hydrogen-bond acceptors (Lipinski definition) is 5. The number of hydrogen-bond donors (Lipinski definition) is 0. The summed E-state index contributed by atoms with van der Waals surface area (Å²) in [7, 11) is 0. The van der Waals surface area contributed by atoms with Gasteiger partial charge in [0.15, 0.2) is 11.6 Å². The van der Waals surface area contributed by atoms with Crippen molar-refractivity contribution >= 4 is 45.2 Å². The molecule has 10 rings (SSSR count). The Morgan fingerprint density at radius 1 is 0.318 bits per heavy atom. The van der Waals surface area contributed by atoms with Crippen LogP contribution in [0.4, 0.5) is 34.4 Å². The van der Waals surface area contributed by atoms with Crippen LogP contribution in [0.15, 0.2) is 200 Å². The zero-order chi connectivity index (χ0) is 45.3. The lowest BCUT2D eigenvalue weighted by Crippen LogP contribution is -2.18. The van der Waals surface area contributed by atoms with Crippen LogP contribution < -0.4 is 9.80 Å². The van der Waals surface area contributed by atoms with E-state index in [0.29, 0.717) is 17.6 Å². The lowest BCUT2D eigenvalue weighted by atomic mass is 9.97. The van der Waals surface area contributed by atoms with Gasteiger partial charge in [0.1, 0.15) is 0 Å². The summed E-state index contributed by atoms with van der Waals surface area (Å²) in [5.41, 5.74) is 18.9. The summed E-state index contributed by atoms with van der Waals surface area (Å²) in [6, 6.07) is 70.9. The average molecular weight is 854 g/mol. The molecule has 0 spiro atoms. The van der Waals surface area contributed by atoms with Crippen LogP contribution in [0.1, 0.15) is 33.4 Å². The van der Waals surface area contributed by atoms with Crippen LogP contribution in [0.25, 0.3) is 55.8 Å². The van der Waals surface area contributed by atoms with E-state index in [1.54, 1.807) is 0 Å². The molecule has 0 bridgehead atoms. The van der Waals surface area contributed by atoms with Crippen LogP contribution in [0, 0.1) is 41.5 Å². The summed E-state index contributed by atoms with van der Waals surface area (Å²) in [5.74, 6) is 1.69. The first kappa shape index (κ1) is 41.8. The summed E-state index contributed by atoms with van der Waals surface area (Å²) in [4.78, 5) is 20.7. The van der Waals surface area contributed by atoms with Gasteiger partial charge in [-0.05, 0) is 134 Å². The first-order valence-corrected chi connectivity index (χ1v) is 22.6. The second-order valence-electron chi connectivity index (χ2n) is 17.4. The third-order valence-electron chi connectivity index (χ3n) is 12.4. The number of aromatic nitrogens is 3. The minimum atomic E-state index is 0.511. The van der Waals surface area contributed by atoms with Crippen molar-refractivity contribution in [2.45, 2.75) is 41.5 Å². The fourth-order valence-electron chi connectivity index (χ4n) is 9.57. The van der Waals surface area contributed by atoms with Gasteiger partial charge in [0, 0.05) is 28.1 Å². The van der Waals surface area contributed by atoms with Crippen molar-refractivity contribution in [3.8, 4) is 45.0 Å². The summed E-state index contributed by atoms with van der Waals surface area (Å²) in [6.45, 7) is 13.2. The highest BCUT2D eigenvalue weighted by Crippen LogP contribution is 2.46. The Morgan fingerprint density at radius 2 is 0.742 bits per heavy atom. The maximum Gasteiger partial charge on any atom is 0.238 e. The molecule has 5 nitrogen and oxygen atoms in total. The molecule has 0 radical (unpaired) electrons. The van der Waals surface area contributed by atoms with Gasteiger partial charge in [0.25, 0.3) is 0 Å². The molecule has 0 N–H and O–H groups in total. The minimum absolute atomic E-state index is 0.511. The van der Waals surface area contributed by atoms with E-state index in [2.05, 4.69) is 227 Å². The maximum absolute atomic E-state index is 5.44. The van der Waals surface area contributed by atoms with Crippen LogP contribution >= 0.6 is 0 Å². The number of nitrogens with zero attached hydrogens (tertiary/aromatic N) is 5. The van der Waals surface area contributed by atoms with Gasteiger partial charge in [-0.3, -0.25) is 4.90 Å². The standard InChI is InChI=1S/C61H51N5/c1-40-33-42(3)57(43(4)34-40)66(58-44(5)35-41(2)36-45(58)6)54-31-29-53(30-32-54)65(56-39-51-26-17-16-25-50(51)38-55(56)47-21-12-8-13-22-47)61-63-59(48-23-14-9-15-24-48)62-60(64-61)52-28-18-27-49(37-52)46-19-10-7-11-20-46/h7-39H,1-6H3. The molecule has 0 unspecified atom stereocenters. The SMILES string of the molecule is Cc1cc(C)c(N(c2ccc(N(c3nc(-c4ccccc4)nc(-c4cccc(-c5ccccc5)c4)n3)c3cc4ccccc4cc3-c3ccccc3)cc2)c2c(C)cc(C)cc2C)c(C)c1. The van der Waals surface area contributed by atoms with Crippen LogP contribution in [-0.2, 0) is 0 Å². The van der Waals surface area contributed by atoms with Crippen molar-refractivity contribution in [1.82, 2.24) is 15.0 Å². The zero-order valence-corrected chi connectivity index (χ0v) is 38.3. The topological polar surface area (TPSA) is 45.2 Å². The largest absolute Gasteiger partial charge is 0.309 e. The Labute approximate surface area is 388 Å². The quantitative estimate of drug-likeness (QED) is 0.137. The summed E-state index contributed by atoms with van der Waals surface area (Å²) in [6.07, 6.45) is 0. The van der Waals surface area contributed by atoms with Crippen molar-refractivity contribution in [3.63, 3.8) is 0 Å². The van der Waals surface area contributed by atoms with Crippen molar-refractivity contribution in [3.05, 3.63) is 234 Å². The minimum Gasteiger partial charge on any atom is -0.309 e. The molecule has 66 heavy (non-hydrogen) atoms. The zero-order valence-electron chi connectivity index (χ0n) is 38.3. The lowest BCUT2D eigenvalue weighted by Gasteiger charge is -2.32. The molecule has 0 saturated heterocycles. The molecule has 320 valence electrons. The van der Waals surface area contributed by atoms with E-state index in [4.69, 9.17) is 15.0 Å². The van der Waals surface area contributed by atoms with Gasteiger partial charge < -0.3 is 4.90 Å². The van der Waals surface area contributed by atoms with Crippen LogP contribution in [0.3, 0.4) is 0 Å².